The van der Waals surface area contributed by atoms with Crippen LogP contribution in [0.25, 0.3) is 0 Å². The third-order valence-corrected chi connectivity index (χ3v) is 3.45. The van der Waals surface area contributed by atoms with Crippen molar-refractivity contribution in [2.75, 3.05) is 6.61 Å². The second-order valence-corrected chi connectivity index (χ2v) is 4.71. The summed E-state index contributed by atoms with van der Waals surface area (Å²) >= 11 is 0. The van der Waals surface area contributed by atoms with Crippen LogP contribution in [0.4, 0.5) is 0 Å². The molecule has 0 fully saturated rings. The minimum absolute atomic E-state index is 0.0570. The maximum Gasteiger partial charge on any atom is 0.122 e. The number of aryl methyl sites for hydroxylation is 1. The molecule has 2 nitrogen and oxygen atoms in total. The van der Waals surface area contributed by atoms with Crippen LogP contribution in [0.15, 0.2) is 48.5 Å². The molecule has 1 aliphatic heterocycles. The van der Waals surface area contributed by atoms with Crippen molar-refractivity contribution in [1.82, 2.24) is 0 Å². The van der Waals surface area contributed by atoms with E-state index < -0.39 is 0 Å². The molecule has 2 N–H and O–H groups in total. The molecule has 0 saturated heterocycles. The Morgan fingerprint density at radius 3 is 2.67 bits per heavy atom. The summed E-state index contributed by atoms with van der Waals surface area (Å²) in [5.41, 5.74) is 9.90. The van der Waals surface area contributed by atoms with Gasteiger partial charge in [-0.15, -0.1) is 0 Å². The third kappa shape index (κ3) is 2.12. The zero-order valence-electron chi connectivity index (χ0n) is 10.3. The fraction of sp³-hybridized carbons (Fsp3) is 0.250. The van der Waals surface area contributed by atoms with E-state index in [-0.39, 0.29) is 6.04 Å². The molecule has 1 atom stereocenters. The van der Waals surface area contributed by atoms with Gasteiger partial charge in [-0.2, -0.15) is 0 Å². The van der Waals surface area contributed by atoms with E-state index in [1.807, 2.05) is 24.3 Å². The van der Waals surface area contributed by atoms with Crippen molar-refractivity contribution in [3.05, 3.63) is 65.2 Å². The van der Waals surface area contributed by atoms with E-state index in [2.05, 4.69) is 24.3 Å². The first-order valence-electron chi connectivity index (χ1n) is 6.41. The van der Waals surface area contributed by atoms with Crippen molar-refractivity contribution >= 4 is 0 Å². The smallest absolute Gasteiger partial charge is 0.122 e. The van der Waals surface area contributed by atoms with Crippen LogP contribution < -0.4 is 10.5 Å². The van der Waals surface area contributed by atoms with E-state index in [0.29, 0.717) is 0 Å². The lowest BCUT2D eigenvalue weighted by Crippen LogP contribution is -2.14. The number of nitrogens with two attached hydrogens (primary N) is 1. The molecule has 92 valence electrons. The molecular formula is C16H17NO. The minimum atomic E-state index is -0.0570. The maximum atomic E-state index is 6.31. The van der Waals surface area contributed by atoms with Crippen molar-refractivity contribution in [3.8, 4) is 5.75 Å². The Kier molecular flexibility index (Phi) is 3.03. The molecule has 0 bridgehead atoms. The first-order chi connectivity index (χ1) is 8.84. The van der Waals surface area contributed by atoms with Crippen molar-refractivity contribution in [2.24, 2.45) is 5.73 Å². The topological polar surface area (TPSA) is 35.2 Å². The molecule has 3 rings (SSSR count). The fourth-order valence-corrected chi connectivity index (χ4v) is 2.43. The Balaban J connectivity index is 1.93. The number of hydrogen-bond donors (Lipinski definition) is 1. The SMILES string of the molecule is N[C@H](c1ccccc1)c1ccc2c(c1)CCCO2. The highest BCUT2D eigenvalue weighted by Crippen LogP contribution is 2.29. The second-order valence-electron chi connectivity index (χ2n) is 4.71. The Hall–Kier alpha value is -1.80. The van der Waals surface area contributed by atoms with Gasteiger partial charge in [0.15, 0.2) is 0 Å². The molecule has 0 radical (unpaired) electrons. The predicted octanol–water partition coefficient (Wildman–Crippen LogP) is 3.06. The van der Waals surface area contributed by atoms with Crippen molar-refractivity contribution < 1.29 is 4.74 Å². The van der Waals surface area contributed by atoms with Gasteiger partial charge in [0.2, 0.25) is 0 Å². The standard InChI is InChI=1S/C16H17NO/c17-16(12-5-2-1-3-6-12)14-8-9-15-13(11-14)7-4-10-18-15/h1-3,5-6,8-9,11,16H,4,7,10,17H2/t16-/m1/s1. The lowest BCUT2D eigenvalue weighted by Gasteiger charge is -2.20. The van der Waals surface area contributed by atoms with E-state index in [1.54, 1.807) is 0 Å². The van der Waals surface area contributed by atoms with Gasteiger partial charge in [-0.25, -0.2) is 0 Å². The van der Waals surface area contributed by atoms with Gasteiger partial charge in [0, 0.05) is 0 Å². The number of rotatable bonds is 2. The summed E-state index contributed by atoms with van der Waals surface area (Å²) in [6.07, 6.45) is 2.18. The van der Waals surface area contributed by atoms with Crippen LogP contribution in [0, 0.1) is 0 Å². The highest BCUT2D eigenvalue weighted by molar-refractivity contribution is 5.42. The molecule has 0 saturated carbocycles. The van der Waals surface area contributed by atoms with Gasteiger partial charge in [-0.3, -0.25) is 0 Å². The molecule has 0 spiro atoms. The number of benzene rings is 2. The summed E-state index contributed by atoms with van der Waals surface area (Å²) in [5, 5.41) is 0. The lowest BCUT2D eigenvalue weighted by molar-refractivity contribution is 0.288. The summed E-state index contributed by atoms with van der Waals surface area (Å²) in [6.45, 7) is 0.830. The molecule has 2 aromatic carbocycles. The number of hydrogen-bond acceptors (Lipinski definition) is 2. The van der Waals surface area contributed by atoms with E-state index >= 15 is 0 Å². The molecule has 1 heterocycles. The molecule has 0 amide bonds. The average molecular weight is 239 g/mol. The Morgan fingerprint density at radius 1 is 1.00 bits per heavy atom. The predicted molar refractivity (Wildman–Crippen MR) is 72.7 cm³/mol. The summed E-state index contributed by atoms with van der Waals surface area (Å²) in [6, 6.07) is 16.4. The van der Waals surface area contributed by atoms with Crippen molar-refractivity contribution in [2.45, 2.75) is 18.9 Å². The van der Waals surface area contributed by atoms with Gasteiger partial charge in [0.25, 0.3) is 0 Å². The van der Waals surface area contributed by atoms with Crippen LogP contribution in [0.1, 0.15) is 29.2 Å². The van der Waals surface area contributed by atoms with Gasteiger partial charge >= 0.3 is 0 Å². The number of fused-ring (bicyclic) bond motifs is 1. The molecule has 1 aliphatic rings. The van der Waals surface area contributed by atoms with Crippen LogP contribution in [-0.2, 0) is 6.42 Å². The minimum Gasteiger partial charge on any atom is -0.493 e. The molecule has 0 unspecified atom stereocenters. The van der Waals surface area contributed by atoms with E-state index in [4.69, 9.17) is 10.5 Å². The Labute approximate surface area is 107 Å². The third-order valence-electron chi connectivity index (χ3n) is 3.45. The molecule has 2 heteroatoms. The molecule has 2 aromatic rings. The molecule has 0 aliphatic carbocycles. The van der Waals surface area contributed by atoms with Gasteiger partial charge in [-0.1, -0.05) is 42.5 Å². The Bertz CT molecular complexity index is 536. The van der Waals surface area contributed by atoms with Crippen molar-refractivity contribution in [1.29, 1.82) is 0 Å². The van der Waals surface area contributed by atoms with Crippen molar-refractivity contribution in [3.63, 3.8) is 0 Å². The highest BCUT2D eigenvalue weighted by Gasteiger charge is 2.14. The van der Waals surface area contributed by atoms with E-state index in [9.17, 15) is 0 Å². The largest absolute Gasteiger partial charge is 0.493 e. The van der Waals surface area contributed by atoms with E-state index in [0.717, 1.165) is 36.3 Å². The molecule has 0 aromatic heterocycles. The van der Waals surface area contributed by atoms with Gasteiger partial charge < -0.3 is 10.5 Å². The molecule has 18 heavy (non-hydrogen) atoms. The number of ether oxygens (including phenoxy) is 1. The lowest BCUT2D eigenvalue weighted by atomic mass is 9.95. The first-order valence-corrected chi connectivity index (χ1v) is 6.41. The quantitative estimate of drug-likeness (QED) is 0.874. The van der Waals surface area contributed by atoms with Gasteiger partial charge in [0.05, 0.1) is 12.6 Å². The van der Waals surface area contributed by atoms with Crippen LogP contribution in [0.3, 0.4) is 0 Å². The first kappa shape index (κ1) is 11.3. The highest BCUT2D eigenvalue weighted by atomic mass is 16.5. The zero-order valence-corrected chi connectivity index (χ0v) is 10.3. The normalized spacial score (nSPS) is 15.6. The van der Waals surface area contributed by atoms with Crippen LogP contribution in [0.5, 0.6) is 5.75 Å². The fourth-order valence-electron chi connectivity index (χ4n) is 2.43. The van der Waals surface area contributed by atoms with Crippen LogP contribution >= 0.6 is 0 Å². The van der Waals surface area contributed by atoms with Crippen LogP contribution in [0.2, 0.25) is 0 Å². The van der Waals surface area contributed by atoms with Gasteiger partial charge in [-0.05, 0) is 35.6 Å². The summed E-state index contributed by atoms with van der Waals surface area (Å²) in [4.78, 5) is 0. The zero-order chi connectivity index (χ0) is 12.4. The second kappa shape index (κ2) is 4.83. The summed E-state index contributed by atoms with van der Waals surface area (Å²) < 4.78 is 5.62. The summed E-state index contributed by atoms with van der Waals surface area (Å²) in [5.74, 6) is 1.02. The monoisotopic (exact) mass is 239 g/mol. The van der Waals surface area contributed by atoms with Crippen LogP contribution in [-0.4, -0.2) is 6.61 Å². The maximum absolute atomic E-state index is 6.31. The average Bonchev–Trinajstić information content (AvgIpc) is 2.47. The van der Waals surface area contributed by atoms with Gasteiger partial charge in [0.1, 0.15) is 5.75 Å². The van der Waals surface area contributed by atoms with E-state index in [1.165, 1.54) is 5.56 Å². The Morgan fingerprint density at radius 2 is 1.83 bits per heavy atom. The summed E-state index contributed by atoms with van der Waals surface area (Å²) in [7, 11) is 0. The molecular weight excluding hydrogens is 222 g/mol.